The molecule has 1 aromatic carbocycles. The first kappa shape index (κ1) is 13.4. The molecule has 0 fully saturated rings. The van der Waals surface area contributed by atoms with E-state index in [1.165, 1.54) is 0 Å². The van der Waals surface area contributed by atoms with Crippen molar-refractivity contribution in [1.29, 1.82) is 0 Å². The van der Waals surface area contributed by atoms with Crippen LogP contribution < -0.4 is 0 Å². The molecule has 0 saturated carbocycles. The molecule has 0 atom stereocenters. The van der Waals surface area contributed by atoms with Gasteiger partial charge in [-0.15, -0.1) is 0 Å². The number of hydrogen-bond acceptors (Lipinski definition) is 2. The van der Waals surface area contributed by atoms with Gasteiger partial charge in [0, 0.05) is 36.0 Å². The van der Waals surface area contributed by atoms with Gasteiger partial charge in [0.2, 0.25) is 0 Å². The highest BCUT2D eigenvalue weighted by molar-refractivity contribution is 5.95. The van der Waals surface area contributed by atoms with E-state index in [9.17, 15) is 4.79 Å². The Balaban J connectivity index is 2.17. The predicted molar refractivity (Wildman–Crippen MR) is 80.7 cm³/mol. The summed E-state index contributed by atoms with van der Waals surface area (Å²) in [5.74, 6) is 0.0723. The van der Waals surface area contributed by atoms with E-state index in [1.807, 2.05) is 30.8 Å². The van der Waals surface area contributed by atoms with Gasteiger partial charge in [-0.2, -0.15) is 0 Å². The molecule has 3 aromatic rings. The number of nitrogens with zero attached hydrogens (tertiary/aromatic N) is 3. The quantitative estimate of drug-likeness (QED) is 0.804. The van der Waals surface area contributed by atoms with E-state index in [2.05, 4.69) is 16.5 Å². The van der Waals surface area contributed by atoms with Crippen molar-refractivity contribution in [3.63, 3.8) is 0 Å². The molecule has 1 N–H and O–H groups in total. The second kappa shape index (κ2) is 4.77. The highest BCUT2D eigenvalue weighted by atomic mass is 16.4. The van der Waals surface area contributed by atoms with Crippen molar-refractivity contribution in [2.45, 2.75) is 20.4 Å². The zero-order chi connectivity index (χ0) is 15.1. The number of aromatic nitrogens is 3. The molecule has 5 nitrogen and oxygen atoms in total. The Bertz CT molecular complexity index is 843. The number of carboxylic acids is 1. The maximum absolute atomic E-state index is 11.1. The van der Waals surface area contributed by atoms with E-state index >= 15 is 0 Å². The monoisotopic (exact) mass is 283 g/mol. The largest absolute Gasteiger partial charge is 0.478 e. The van der Waals surface area contributed by atoms with Gasteiger partial charge in [-0.3, -0.25) is 0 Å². The van der Waals surface area contributed by atoms with Gasteiger partial charge in [-0.05, 0) is 37.6 Å². The molecule has 0 saturated heterocycles. The molecule has 0 aliphatic rings. The number of aromatic carboxylic acids is 1. The Kier molecular flexibility index (Phi) is 3.05. The molecule has 108 valence electrons. The molecule has 0 bridgehead atoms. The summed E-state index contributed by atoms with van der Waals surface area (Å²) >= 11 is 0. The summed E-state index contributed by atoms with van der Waals surface area (Å²) in [6.45, 7) is 4.75. The third-order valence-corrected chi connectivity index (χ3v) is 4.11. The molecule has 0 aliphatic carbocycles. The first-order chi connectivity index (χ1) is 9.99. The van der Waals surface area contributed by atoms with Gasteiger partial charge in [0.1, 0.15) is 5.82 Å². The fourth-order valence-electron chi connectivity index (χ4n) is 2.68. The Hall–Kier alpha value is -2.56. The van der Waals surface area contributed by atoms with E-state index in [1.54, 1.807) is 18.3 Å². The van der Waals surface area contributed by atoms with E-state index in [-0.39, 0.29) is 0 Å². The van der Waals surface area contributed by atoms with Crippen LogP contribution in [0.15, 0.2) is 30.6 Å². The first-order valence-corrected chi connectivity index (χ1v) is 6.78. The SMILES string of the molecule is Cc1c(C)n(Cc2nccn2C)c2ccc(C(=O)O)cc12. The van der Waals surface area contributed by atoms with Gasteiger partial charge in [0.05, 0.1) is 12.1 Å². The maximum Gasteiger partial charge on any atom is 0.335 e. The van der Waals surface area contributed by atoms with Gasteiger partial charge >= 0.3 is 5.97 Å². The summed E-state index contributed by atoms with van der Waals surface area (Å²) in [5.41, 5.74) is 3.61. The van der Waals surface area contributed by atoms with Gasteiger partial charge < -0.3 is 14.2 Å². The fourth-order valence-corrected chi connectivity index (χ4v) is 2.68. The molecule has 21 heavy (non-hydrogen) atoms. The second-order valence-electron chi connectivity index (χ2n) is 5.29. The second-order valence-corrected chi connectivity index (χ2v) is 5.29. The number of imidazole rings is 1. The summed E-state index contributed by atoms with van der Waals surface area (Å²) in [4.78, 5) is 15.5. The third kappa shape index (κ3) is 2.11. The van der Waals surface area contributed by atoms with Gasteiger partial charge in [0.15, 0.2) is 0 Å². The number of rotatable bonds is 3. The lowest BCUT2D eigenvalue weighted by Crippen LogP contribution is -2.07. The number of carbonyl (C=O) groups is 1. The van der Waals surface area contributed by atoms with Crippen LogP contribution >= 0.6 is 0 Å². The Morgan fingerprint density at radius 1 is 1.33 bits per heavy atom. The first-order valence-electron chi connectivity index (χ1n) is 6.78. The smallest absolute Gasteiger partial charge is 0.335 e. The molecule has 0 radical (unpaired) electrons. The van der Waals surface area contributed by atoms with Crippen LogP contribution in [0.4, 0.5) is 0 Å². The fraction of sp³-hybridized carbons (Fsp3) is 0.250. The summed E-state index contributed by atoms with van der Waals surface area (Å²) < 4.78 is 4.17. The lowest BCUT2D eigenvalue weighted by Gasteiger charge is -2.08. The van der Waals surface area contributed by atoms with Crippen LogP contribution in [0.3, 0.4) is 0 Å². The van der Waals surface area contributed by atoms with Crippen LogP contribution in [0.1, 0.15) is 27.4 Å². The Labute approximate surface area is 122 Å². The van der Waals surface area contributed by atoms with Gasteiger partial charge in [0.25, 0.3) is 0 Å². The molecular weight excluding hydrogens is 266 g/mol. The normalized spacial score (nSPS) is 11.2. The van der Waals surface area contributed by atoms with Crippen molar-refractivity contribution in [3.8, 4) is 0 Å². The number of carboxylic acid groups (broad SMARTS) is 1. The zero-order valence-electron chi connectivity index (χ0n) is 12.3. The lowest BCUT2D eigenvalue weighted by atomic mass is 10.1. The van der Waals surface area contributed by atoms with Gasteiger partial charge in [-0.1, -0.05) is 0 Å². The maximum atomic E-state index is 11.1. The lowest BCUT2D eigenvalue weighted by molar-refractivity contribution is 0.0697. The Morgan fingerprint density at radius 2 is 2.10 bits per heavy atom. The van der Waals surface area contributed by atoms with Crippen LogP contribution in [-0.2, 0) is 13.6 Å². The molecule has 3 rings (SSSR count). The minimum atomic E-state index is -0.897. The summed E-state index contributed by atoms with van der Waals surface area (Å²) in [6.07, 6.45) is 3.71. The third-order valence-electron chi connectivity index (χ3n) is 4.11. The van der Waals surface area contributed by atoms with Crippen LogP contribution in [0, 0.1) is 13.8 Å². The van der Waals surface area contributed by atoms with Crippen LogP contribution in [0.2, 0.25) is 0 Å². The minimum absolute atomic E-state index is 0.319. The summed E-state index contributed by atoms with van der Waals surface area (Å²) in [6, 6.07) is 5.27. The minimum Gasteiger partial charge on any atom is -0.478 e. The van der Waals surface area contributed by atoms with Crippen molar-refractivity contribution in [2.24, 2.45) is 7.05 Å². The molecule has 0 aliphatic heterocycles. The van der Waals surface area contributed by atoms with Crippen molar-refractivity contribution in [1.82, 2.24) is 14.1 Å². The number of benzene rings is 1. The predicted octanol–water partition coefficient (Wildman–Crippen LogP) is 2.74. The van der Waals surface area contributed by atoms with E-state index in [0.717, 1.165) is 28.0 Å². The highest BCUT2D eigenvalue weighted by Gasteiger charge is 2.14. The summed E-state index contributed by atoms with van der Waals surface area (Å²) in [5, 5.41) is 10.1. The topological polar surface area (TPSA) is 60.0 Å². The van der Waals surface area contributed by atoms with Crippen LogP contribution in [0.25, 0.3) is 10.9 Å². The average Bonchev–Trinajstić information content (AvgIpc) is 2.96. The van der Waals surface area contributed by atoms with Crippen LogP contribution in [-0.4, -0.2) is 25.2 Å². The Morgan fingerprint density at radius 3 is 2.71 bits per heavy atom. The average molecular weight is 283 g/mol. The number of aryl methyl sites for hydroxylation is 2. The summed E-state index contributed by atoms with van der Waals surface area (Å²) in [7, 11) is 1.97. The molecule has 2 aromatic heterocycles. The van der Waals surface area contributed by atoms with Gasteiger partial charge in [-0.25, -0.2) is 9.78 Å². The number of hydrogen-bond donors (Lipinski definition) is 1. The van der Waals surface area contributed by atoms with Crippen molar-refractivity contribution in [3.05, 3.63) is 53.2 Å². The molecule has 5 heteroatoms. The van der Waals surface area contributed by atoms with Crippen LogP contribution in [0.5, 0.6) is 0 Å². The molecule has 0 amide bonds. The van der Waals surface area contributed by atoms with E-state index < -0.39 is 5.97 Å². The number of fused-ring (bicyclic) bond motifs is 1. The highest BCUT2D eigenvalue weighted by Crippen LogP contribution is 2.27. The molecule has 0 spiro atoms. The standard InChI is InChI=1S/C16H17N3O2/c1-10-11(2)19(9-15-17-6-7-18(15)3)14-5-4-12(16(20)21)8-13(10)14/h4-8H,9H2,1-3H3,(H,20,21). The van der Waals surface area contributed by atoms with Crippen molar-refractivity contribution < 1.29 is 9.90 Å². The molecule has 0 unspecified atom stereocenters. The van der Waals surface area contributed by atoms with Crippen molar-refractivity contribution >= 4 is 16.9 Å². The molecule has 2 heterocycles. The van der Waals surface area contributed by atoms with E-state index in [0.29, 0.717) is 12.1 Å². The molecular formula is C16H17N3O2. The van der Waals surface area contributed by atoms with E-state index in [4.69, 9.17) is 5.11 Å². The zero-order valence-corrected chi connectivity index (χ0v) is 12.3. The van der Waals surface area contributed by atoms with Crippen molar-refractivity contribution in [2.75, 3.05) is 0 Å².